The summed E-state index contributed by atoms with van der Waals surface area (Å²) >= 11 is 0. The lowest BCUT2D eigenvalue weighted by Crippen LogP contribution is -2.04. The second kappa shape index (κ2) is 9.06. The number of benzene rings is 2. The Morgan fingerprint density at radius 3 is 2.38 bits per heavy atom. The summed E-state index contributed by atoms with van der Waals surface area (Å²) in [6.07, 6.45) is 1.85. The van der Waals surface area contributed by atoms with E-state index in [0.717, 1.165) is 24.3 Å². The number of rotatable bonds is 9. The van der Waals surface area contributed by atoms with Crippen molar-refractivity contribution in [3.05, 3.63) is 48.0 Å². The Kier molecular flexibility index (Phi) is 6.79. The van der Waals surface area contributed by atoms with Crippen LogP contribution in [0.2, 0.25) is 0 Å². The molecule has 0 aliphatic carbocycles. The molecule has 0 aliphatic heterocycles. The molecule has 4 nitrogen and oxygen atoms in total. The topological polar surface area (TPSA) is 53.7 Å². The van der Waals surface area contributed by atoms with Crippen molar-refractivity contribution in [1.29, 1.82) is 0 Å². The average molecular weight is 329 g/mol. The van der Waals surface area contributed by atoms with Gasteiger partial charge in [0.05, 0.1) is 20.3 Å². The summed E-state index contributed by atoms with van der Waals surface area (Å²) in [4.78, 5) is 0. The van der Waals surface area contributed by atoms with Crippen LogP contribution >= 0.6 is 0 Å². The highest BCUT2D eigenvalue weighted by Gasteiger charge is 2.04. The third-order valence-electron chi connectivity index (χ3n) is 3.78. The van der Waals surface area contributed by atoms with Crippen molar-refractivity contribution < 1.29 is 14.2 Å². The van der Waals surface area contributed by atoms with Gasteiger partial charge < -0.3 is 19.9 Å². The van der Waals surface area contributed by atoms with Crippen LogP contribution in [0.3, 0.4) is 0 Å². The first kappa shape index (κ1) is 18.0. The van der Waals surface area contributed by atoms with Crippen molar-refractivity contribution >= 4 is 5.69 Å². The van der Waals surface area contributed by atoms with Gasteiger partial charge in [0.1, 0.15) is 5.75 Å². The standard InChI is InChI=1S/C20H27NO3/c1-15(2)16-7-6-8-18(13-16)23-11-4-5-12-24-19-10-9-17(21)14-20(19)22-3/h6-10,13-15H,4-5,11-12,21H2,1-3H3. The molecule has 0 aliphatic rings. The number of nitrogens with two attached hydrogens (primary N) is 1. The average Bonchev–Trinajstić information content (AvgIpc) is 2.59. The molecule has 2 N–H and O–H groups in total. The molecule has 4 heteroatoms. The van der Waals surface area contributed by atoms with Crippen LogP contribution in [0.1, 0.15) is 38.2 Å². The Hall–Kier alpha value is -2.36. The van der Waals surface area contributed by atoms with E-state index in [-0.39, 0.29) is 0 Å². The summed E-state index contributed by atoms with van der Waals surface area (Å²) in [7, 11) is 1.61. The number of hydrogen-bond donors (Lipinski definition) is 1. The Bertz CT molecular complexity index is 641. The molecule has 0 heterocycles. The maximum atomic E-state index is 5.81. The van der Waals surface area contributed by atoms with Crippen molar-refractivity contribution in [2.45, 2.75) is 32.6 Å². The quantitative estimate of drug-likeness (QED) is 0.538. The minimum Gasteiger partial charge on any atom is -0.494 e. The third kappa shape index (κ3) is 5.37. The third-order valence-corrected chi connectivity index (χ3v) is 3.78. The van der Waals surface area contributed by atoms with E-state index < -0.39 is 0 Å². The number of anilines is 1. The van der Waals surface area contributed by atoms with Gasteiger partial charge in [0.2, 0.25) is 0 Å². The molecule has 0 radical (unpaired) electrons. The molecular formula is C20H27NO3. The first-order valence-electron chi connectivity index (χ1n) is 8.39. The maximum Gasteiger partial charge on any atom is 0.162 e. The van der Waals surface area contributed by atoms with Crippen molar-refractivity contribution in [2.24, 2.45) is 0 Å². The van der Waals surface area contributed by atoms with Crippen LogP contribution in [0.25, 0.3) is 0 Å². The normalized spacial score (nSPS) is 10.7. The Morgan fingerprint density at radius 1 is 0.917 bits per heavy atom. The summed E-state index contributed by atoms with van der Waals surface area (Å²) in [6.45, 7) is 5.67. The van der Waals surface area contributed by atoms with Gasteiger partial charge in [-0.2, -0.15) is 0 Å². The molecule has 0 unspecified atom stereocenters. The molecule has 2 aromatic rings. The predicted molar refractivity (Wildman–Crippen MR) is 98.2 cm³/mol. The van der Waals surface area contributed by atoms with Gasteiger partial charge in [0.25, 0.3) is 0 Å². The van der Waals surface area contributed by atoms with Crippen LogP contribution < -0.4 is 19.9 Å². The largest absolute Gasteiger partial charge is 0.494 e. The van der Waals surface area contributed by atoms with Crippen molar-refractivity contribution in [2.75, 3.05) is 26.1 Å². The molecule has 0 fully saturated rings. The van der Waals surface area contributed by atoms with E-state index in [4.69, 9.17) is 19.9 Å². The zero-order valence-electron chi connectivity index (χ0n) is 14.7. The van der Waals surface area contributed by atoms with E-state index >= 15 is 0 Å². The van der Waals surface area contributed by atoms with Gasteiger partial charge in [-0.1, -0.05) is 26.0 Å². The molecule has 0 atom stereocenters. The number of nitrogen functional groups attached to an aromatic ring is 1. The molecule has 0 aromatic heterocycles. The SMILES string of the molecule is COc1cc(N)ccc1OCCCCOc1cccc(C(C)C)c1. The molecule has 2 aromatic carbocycles. The molecule has 0 spiro atoms. The maximum absolute atomic E-state index is 5.81. The van der Waals surface area contributed by atoms with E-state index in [1.54, 1.807) is 13.2 Å². The fourth-order valence-electron chi connectivity index (χ4n) is 2.34. The summed E-state index contributed by atoms with van der Waals surface area (Å²) in [5.74, 6) is 2.83. The molecule has 0 amide bonds. The van der Waals surface area contributed by atoms with Crippen LogP contribution in [0.4, 0.5) is 5.69 Å². The lowest BCUT2D eigenvalue weighted by atomic mass is 10.0. The van der Waals surface area contributed by atoms with Crippen LogP contribution in [0.5, 0.6) is 17.2 Å². The first-order chi connectivity index (χ1) is 11.6. The first-order valence-corrected chi connectivity index (χ1v) is 8.39. The molecule has 130 valence electrons. The van der Waals surface area contributed by atoms with Gasteiger partial charge in [0.15, 0.2) is 11.5 Å². The van der Waals surface area contributed by atoms with Crippen molar-refractivity contribution in [1.82, 2.24) is 0 Å². The van der Waals surface area contributed by atoms with Crippen LogP contribution in [-0.2, 0) is 0 Å². The van der Waals surface area contributed by atoms with Gasteiger partial charge in [-0.3, -0.25) is 0 Å². The molecule has 2 rings (SSSR count). The molecule has 0 saturated heterocycles. The molecule has 24 heavy (non-hydrogen) atoms. The lowest BCUT2D eigenvalue weighted by Gasteiger charge is -2.12. The van der Waals surface area contributed by atoms with E-state index in [0.29, 0.717) is 30.6 Å². The lowest BCUT2D eigenvalue weighted by molar-refractivity contribution is 0.258. The Morgan fingerprint density at radius 2 is 1.67 bits per heavy atom. The Labute approximate surface area is 144 Å². The van der Waals surface area contributed by atoms with E-state index in [1.807, 2.05) is 24.3 Å². The van der Waals surface area contributed by atoms with Gasteiger partial charge in [-0.05, 0) is 48.6 Å². The second-order valence-corrected chi connectivity index (χ2v) is 6.04. The van der Waals surface area contributed by atoms with Gasteiger partial charge in [-0.25, -0.2) is 0 Å². The monoisotopic (exact) mass is 329 g/mol. The Balaban J connectivity index is 1.69. The second-order valence-electron chi connectivity index (χ2n) is 6.04. The highest BCUT2D eigenvalue weighted by Crippen LogP contribution is 2.29. The van der Waals surface area contributed by atoms with Crippen molar-refractivity contribution in [3.63, 3.8) is 0 Å². The fraction of sp³-hybridized carbons (Fsp3) is 0.400. The van der Waals surface area contributed by atoms with Crippen LogP contribution in [0, 0.1) is 0 Å². The fourth-order valence-corrected chi connectivity index (χ4v) is 2.34. The molecular weight excluding hydrogens is 302 g/mol. The minimum atomic E-state index is 0.511. The predicted octanol–water partition coefficient (Wildman–Crippen LogP) is 4.64. The summed E-state index contributed by atoms with van der Waals surface area (Å²) < 4.78 is 16.8. The number of methoxy groups -OCH3 is 1. The summed E-state index contributed by atoms with van der Waals surface area (Å²) in [5.41, 5.74) is 7.69. The zero-order chi connectivity index (χ0) is 17.4. The highest BCUT2D eigenvalue weighted by molar-refractivity contribution is 5.51. The number of hydrogen-bond acceptors (Lipinski definition) is 4. The van der Waals surface area contributed by atoms with E-state index in [1.165, 1.54) is 5.56 Å². The minimum absolute atomic E-state index is 0.511. The van der Waals surface area contributed by atoms with Crippen LogP contribution in [-0.4, -0.2) is 20.3 Å². The molecule has 0 bridgehead atoms. The summed E-state index contributed by atoms with van der Waals surface area (Å²) in [5, 5.41) is 0. The van der Waals surface area contributed by atoms with E-state index in [9.17, 15) is 0 Å². The smallest absolute Gasteiger partial charge is 0.162 e. The van der Waals surface area contributed by atoms with Crippen LogP contribution in [0.15, 0.2) is 42.5 Å². The van der Waals surface area contributed by atoms with Crippen molar-refractivity contribution in [3.8, 4) is 17.2 Å². The number of unbranched alkanes of at least 4 members (excludes halogenated alkanes) is 1. The van der Waals surface area contributed by atoms with Gasteiger partial charge >= 0.3 is 0 Å². The highest BCUT2D eigenvalue weighted by atomic mass is 16.5. The zero-order valence-corrected chi connectivity index (χ0v) is 14.7. The number of ether oxygens (including phenoxy) is 3. The van der Waals surface area contributed by atoms with Gasteiger partial charge in [-0.15, -0.1) is 0 Å². The van der Waals surface area contributed by atoms with E-state index in [2.05, 4.69) is 26.0 Å². The molecule has 0 saturated carbocycles. The van der Waals surface area contributed by atoms with Gasteiger partial charge in [0, 0.05) is 11.8 Å². The summed E-state index contributed by atoms with van der Waals surface area (Å²) in [6, 6.07) is 13.7.